The molecule has 6 aromatic rings. The monoisotopic (exact) mass is 1020 g/mol. The first-order valence-corrected chi connectivity index (χ1v) is 26.8. The van der Waals surface area contributed by atoms with Gasteiger partial charge in [0.25, 0.3) is 0 Å². The molecule has 0 radical (unpaired) electrons. The number of carbonyl (C=O) groups excluding carboxylic acids is 3. The molecule has 3 aromatic carbocycles. The molecule has 6 rings (SSSR count). The Hall–Kier alpha value is -6.09. The van der Waals surface area contributed by atoms with E-state index in [9.17, 15) is 29.7 Å². The normalized spacial score (nSPS) is 12.4. The number of phenols is 3. The van der Waals surface area contributed by atoms with Crippen LogP contribution in [0, 0.1) is 20.8 Å². The summed E-state index contributed by atoms with van der Waals surface area (Å²) in [4.78, 5) is 46.4. The number of ketones is 3. The van der Waals surface area contributed by atoms with Crippen molar-refractivity contribution < 1.29 is 29.7 Å². The Balaban J connectivity index is 0.000000243. The number of aromatic hydroxyl groups is 3. The Morgan fingerprint density at radius 3 is 0.987 bits per heavy atom. The van der Waals surface area contributed by atoms with E-state index in [2.05, 4.69) is 176 Å². The first-order chi connectivity index (χ1) is 34.2. The number of Topliss-reactive ketones (excluding diaryl/α,β-unsaturated/α-hetero) is 3. The molecule has 0 aliphatic carbocycles. The number of H-pyrrole nitrogens is 3. The smallest absolute Gasteiger partial charge is 0.179 e. The largest absolute Gasteiger partial charge is 0.507 e. The topological polar surface area (TPSA) is 159 Å². The van der Waals surface area contributed by atoms with Gasteiger partial charge < -0.3 is 30.3 Å². The third kappa shape index (κ3) is 16.7. The summed E-state index contributed by atoms with van der Waals surface area (Å²) in [5, 5.41) is 32.3. The fraction of sp³-hybridized carbons (Fsp3) is 0.500. The predicted octanol–water partition coefficient (Wildman–Crippen LogP) is 16.3. The molecule has 9 nitrogen and oxygen atoms in total. The molecule has 9 heteroatoms. The van der Waals surface area contributed by atoms with Crippen molar-refractivity contribution in [3.63, 3.8) is 0 Å². The van der Waals surface area contributed by atoms with Gasteiger partial charge in [-0.3, -0.25) is 14.4 Å². The van der Waals surface area contributed by atoms with Crippen molar-refractivity contribution in [2.45, 2.75) is 216 Å². The lowest BCUT2D eigenvalue weighted by molar-refractivity contribution is 0.0970. The van der Waals surface area contributed by atoms with Gasteiger partial charge in [0, 0.05) is 37.4 Å². The molecule has 0 fully saturated rings. The molecule has 0 aliphatic rings. The van der Waals surface area contributed by atoms with Crippen molar-refractivity contribution in [2.75, 3.05) is 0 Å². The van der Waals surface area contributed by atoms with Crippen LogP contribution in [0.2, 0.25) is 0 Å². The van der Waals surface area contributed by atoms with E-state index in [4.69, 9.17) is 0 Å². The standard InChI is InChI=1S/3C22H31NO2/c1-14-8-10-18(23-14)19(24)11-9-15-12-16(21(2,3)4)20(25)17(13-15)22(5,6)7;1-14-10-18(23-13-14)19(24)9-8-15-11-16(21(2,3)4)20(25)17(12-15)22(5,6)7;1-14-10-11-23-19(14)18(24)9-8-15-12-16(21(2,3)4)20(25)17(13-15)22(5,6)7/h8,10,12-13,23,25H,9,11H2,1-7H3;2*10-13,23,25H,8-9H2,1-7H3. The molecule has 3 heterocycles. The minimum Gasteiger partial charge on any atom is -0.507 e. The molecule has 75 heavy (non-hydrogen) atoms. The van der Waals surface area contributed by atoms with Gasteiger partial charge in [0.1, 0.15) is 17.2 Å². The van der Waals surface area contributed by atoms with E-state index in [-0.39, 0.29) is 49.8 Å². The lowest BCUT2D eigenvalue weighted by Crippen LogP contribution is -2.18. The molecular formula is C66H93N3O6. The van der Waals surface area contributed by atoms with Crippen molar-refractivity contribution in [3.8, 4) is 17.2 Å². The number of hydrogen-bond acceptors (Lipinski definition) is 6. The SMILES string of the molecule is Cc1c[nH]c(C(=O)CCc2cc(C(C)(C)C)c(O)c(C(C)(C)C)c2)c1.Cc1cc[nH]c1C(=O)CCc1cc(C(C)(C)C)c(O)c(C(C)(C)C)c1.Cc1ccc(C(=O)CCc2cc(C(C)(C)C)c(O)c(C(C)(C)C)c2)[nH]1. The van der Waals surface area contributed by atoms with E-state index in [0.717, 1.165) is 66.9 Å². The Morgan fingerprint density at radius 2 is 0.733 bits per heavy atom. The van der Waals surface area contributed by atoms with E-state index in [1.54, 1.807) is 6.20 Å². The van der Waals surface area contributed by atoms with Gasteiger partial charge >= 0.3 is 0 Å². The van der Waals surface area contributed by atoms with Gasteiger partial charge in [-0.2, -0.15) is 0 Å². The predicted molar refractivity (Wildman–Crippen MR) is 311 cm³/mol. The average molecular weight is 1020 g/mol. The molecule has 0 saturated heterocycles. The lowest BCUT2D eigenvalue weighted by atomic mass is 9.78. The second kappa shape index (κ2) is 23.4. The van der Waals surface area contributed by atoms with Crippen LogP contribution in [0.15, 0.2) is 73.1 Å². The van der Waals surface area contributed by atoms with Gasteiger partial charge in [-0.1, -0.05) is 161 Å². The highest BCUT2D eigenvalue weighted by Gasteiger charge is 2.30. The van der Waals surface area contributed by atoms with Crippen LogP contribution in [0.1, 0.15) is 242 Å². The molecule has 408 valence electrons. The molecule has 0 atom stereocenters. The number of phenolic OH excluding ortho intramolecular Hbond substituents is 3. The minimum atomic E-state index is -0.153. The van der Waals surface area contributed by atoms with Crippen molar-refractivity contribution in [2.24, 2.45) is 0 Å². The number of nitrogens with one attached hydrogen (secondary N) is 3. The molecular weight excluding hydrogens is 931 g/mol. The zero-order valence-electron chi connectivity index (χ0n) is 49.7. The number of aryl methyl sites for hydroxylation is 6. The number of carbonyl (C=O) groups is 3. The van der Waals surface area contributed by atoms with Crippen LogP contribution in [0.3, 0.4) is 0 Å². The van der Waals surface area contributed by atoms with E-state index in [1.807, 2.05) is 51.2 Å². The first-order valence-electron chi connectivity index (χ1n) is 26.8. The summed E-state index contributed by atoms with van der Waals surface area (Å²) in [6, 6.07) is 19.9. The van der Waals surface area contributed by atoms with E-state index < -0.39 is 0 Å². The Labute approximate surface area is 450 Å². The van der Waals surface area contributed by atoms with Crippen LogP contribution in [0.25, 0.3) is 0 Å². The van der Waals surface area contributed by atoms with Gasteiger partial charge in [-0.05, 0) is 158 Å². The van der Waals surface area contributed by atoms with Gasteiger partial charge in [-0.15, -0.1) is 0 Å². The summed E-state index contributed by atoms with van der Waals surface area (Å²) in [6.07, 6.45) is 7.03. The summed E-state index contributed by atoms with van der Waals surface area (Å²) < 4.78 is 0. The van der Waals surface area contributed by atoms with E-state index in [0.29, 0.717) is 72.9 Å². The number of aromatic amines is 3. The maximum Gasteiger partial charge on any atom is 0.179 e. The fourth-order valence-electron chi connectivity index (χ4n) is 9.19. The minimum absolute atomic E-state index is 0.121. The molecule has 0 spiro atoms. The molecule has 0 aliphatic heterocycles. The van der Waals surface area contributed by atoms with Crippen LogP contribution in [0.5, 0.6) is 17.2 Å². The zero-order valence-corrected chi connectivity index (χ0v) is 49.7. The van der Waals surface area contributed by atoms with Crippen molar-refractivity contribution >= 4 is 17.3 Å². The zero-order chi connectivity index (χ0) is 57.0. The molecule has 0 saturated carbocycles. The summed E-state index contributed by atoms with van der Waals surface area (Å²) in [7, 11) is 0. The van der Waals surface area contributed by atoms with Crippen LogP contribution in [-0.4, -0.2) is 47.6 Å². The van der Waals surface area contributed by atoms with Crippen LogP contribution < -0.4 is 0 Å². The second-order valence-electron chi connectivity index (χ2n) is 27.1. The number of rotatable bonds is 12. The Morgan fingerprint density at radius 1 is 0.413 bits per heavy atom. The van der Waals surface area contributed by atoms with Crippen molar-refractivity contribution in [1.29, 1.82) is 0 Å². The second-order valence-corrected chi connectivity index (χ2v) is 27.1. The van der Waals surface area contributed by atoms with Crippen molar-refractivity contribution in [3.05, 3.63) is 157 Å². The number of benzene rings is 3. The summed E-state index contributed by atoms with van der Waals surface area (Å²) in [5.41, 5.74) is 13.1. The highest BCUT2D eigenvalue weighted by Crippen LogP contribution is 2.43. The third-order valence-electron chi connectivity index (χ3n) is 13.8. The lowest BCUT2D eigenvalue weighted by Gasteiger charge is -2.28. The quantitative estimate of drug-likeness (QED) is 0.0670. The first kappa shape index (κ1) is 61.5. The van der Waals surface area contributed by atoms with Crippen LogP contribution in [-0.2, 0) is 51.8 Å². The summed E-state index contributed by atoms with van der Waals surface area (Å²) in [6.45, 7) is 43.7. The van der Waals surface area contributed by atoms with E-state index in [1.165, 1.54) is 0 Å². The third-order valence-corrected chi connectivity index (χ3v) is 13.8. The maximum absolute atomic E-state index is 12.4. The summed E-state index contributed by atoms with van der Waals surface area (Å²) >= 11 is 0. The summed E-state index contributed by atoms with van der Waals surface area (Å²) in [5.74, 6) is 1.53. The average Bonchev–Trinajstić information content (AvgIpc) is 4.04. The highest BCUT2D eigenvalue weighted by molar-refractivity contribution is 5.96. The van der Waals surface area contributed by atoms with Crippen LogP contribution >= 0.6 is 0 Å². The Bertz CT molecular complexity index is 2710. The molecule has 0 bridgehead atoms. The fourth-order valence-corrected chi connectivity index (χ4v) is 9.19. The molecule has 3 aromatic heterocycles. The Kier molecular flexibility index (Phi) is 19.2. The molecule has 0 amide bonds. The maximum atomic E-state index is 12.4. The highest BCUT2D eigenvalue weighted by atomic mass is 16.3. The van der Waals surface area contributed by atoms with Gasteiger partial charge in [0.05, 0.1) is 17.1 Å². The van der Waals surface area contributed by atoms with Crippen molar-refractivity contribution in [1.82, 2.24) is 15.0 Å². The van der Waals surface area contributed by atoms with Gasteiger partial charge in [0.15, 0.2) is 17.3 Å². The number of hydrogen-bond donors (Lipinski definition) is 6. The van der Waals surface area contributed by atoms with Gasteiger partial charge in [0.2, 0.25) is 0 Å². The van der Waals surface area contributed by atoms with Crippen LogP contribution in [0.4, 0.5) is 0 Å². The number of aromatic nitrogens is 3. The van der Waals surface area contributed by atoms with Gasteiger partial charge in [-0.25, -0.2) is 0 Å². The van der Waals surface area contributed by atoms with E-state index >= 15 is 0 Å². The molecule has 6 N–H and O–H groups in total. The molecule has 0 unspecified atom stereocenters.